The number of likely N-dealkylation sites (N-methyl/N-ethyl adjacent to an activating group) is 1. The van der Waals surface area contributed by atoms with Gasteiger partial charge in [0, 0.05) is 6.42 Å². The minimum Gasteiger partial charge on any atom is -0.493 e. The Morgan fingerprint density at radius 3 is 2.67 bits per heavy atom. The van der Waals surface area contributed by atoms with Crippen LogP contribution in [-0.4, -0.2) is 20.3 Å². The second-order valence-corrected chi connectivity index (χ2v) is 5.48. The summed E-state index contributed by atoms with van der Waals surface area (Å²) in [6.07, 6.45) is 1.00. The van der Waals surface area contributed by atoms with Crippen molar-refractivity contribution in [3.63, 3.8) is 0 Å². The fourth-order valence-electron chi connectivity index (χ4n) is 3.04. The van der Waals surface area contributed by atoms with Gasteiger partial charge < -0.3 is 14.8 Å². The standard InChI is InChI=1S/C18H21NO2/c1-12-8-9-15(16(10-12)20-3)21-17-11-13-6-4-5-7-14(13)18(17)19-2/h4-10,17-19H,11H2,1-3H3. The zero-order chi connectivity index (χ0) is 14.8. The van der Waals surface area contributed by atoms with Crippen LogP contribution in [0, 0.1) is 6.92 Å². The van der Waals surface area contributed by atoms with E-state index >= 15 is 0 Å². The molecule has 3 nitrogen and oxygen atoms in total. The Labute approximate surface area is 125 Å². The normalized spacial score (nSPS) is 20.1. The zero-order valence-electron chi connectivity index (χ0n) is 12.7. The highest BCUT2D eigenvalue weighted by Gasteiger charge is 2.33. The van der Waals surface area contributed by atoms with Gasteiger partial charge in [0.05, 0.1) is 13.2 Å². The van der Waals surface area contributed by atoms with Gasteiger partial charge in [-0.15, -0.1) is 0 Å². The summed E-state index contributed by atoms with van der Waals surface area (Å²) in [4.78, 5) is 0. The van der Waals surface area contributed by atoms with Crippen LogP contribution >= 0.6 is 0 Å². The third kappa shape index (κ3) is 2.61. The second-order valence-electron chi connectivity index (χ2n) is 5.48. The molecular weight excluding hydrogens is 262 g/mol. The molecule has 3 rings (SSSR count). The van der Waals surface area contributed by atoms with Gasteiger partial charge in [-0.25, -0.2) is 0 Å². The summed E-state index contributed by atoms with van der Waals surface area (Å²) in [5.74, 6) is 1.60. The first-order chi connectivity index (χ1) is 10.2. The lowest BCUT2D eigenvalue weighted by Crippen LogP contribution is -2.30. The summed E-state index contributed by atoms with van der Waals surface area (Å²) in [5, 5.41) is 3.37. The number of methoxy groups -OCH3 is 1. The zero-order valence-corrected chi connectivity index (χ0v) is 12.7. The fraction of sp³-hybridized carbons (Fsp3) is 0.333. The SMILES string of the molecule is CNC1c2ccccc2CC1Oc1ccc(C)cc1OC. The van der Waals surface area contributed by atoms with E-state index in [1.54, 1.807) is 7.11 Å². The van der Waals surface area contributed by atoms with Gasteiger partial charge in [0.2, 0.25) is 0 Å². The molecule has 0 saturated heterocycles. The first kappa shape index (κ1) is 14.0. The van der Waals surface area contributed by atoms with Crippen LogP contribution in [0.25, 0.3) is 0 Å². The minimum atomic E-state index is 0.0870. The molecule has 0 aromatic heterocycles. The van der Waals surface area contributed by atoms with E-state index in [0.29, 0.717) is 0 Å². The average molecular weight is 283 g/mol. The molecule has 2 aromatic rings. The van der Waals surface area contributed by atoms with Gasteiger partial charge in [-0.05, 0) is 42.8 Å². The van der Waals surface area contributed by atoms with E-state index in [1.165, 1.54) is 16.7 Å². The van der Waals surface area contributed by atoms with Crippen LogP contribution in [0.2, 0.25) is 0 Å². The third-order valence-corrected chi connectivity index (χ3v) is 4.09. The van der Waals surface area contributed by atoms with Gasteiger partial charge in [0.15, 0.2) is 11.5 Å². The van der Waals surface area contributed by atoms with Gasteiger partial charge in [-0.2, -0.15) is 0 Å². The Bertz CT molecular complexity index is 639. The molecule has 3 heteroatoms. The Kier molecular flexibility index (Phi) is 3.84. The summed E-state index contributed by atoms with van der Waals surface area (Å²) < 4.78 is 11.7. The van der Waals surface area contributed by atoms with E-state index in [2.05, 4.69) is 29.6 Å². The topological polar surface area (TPSA) is 30.5 Å². The largest absolute Gasteiger partial charge is 0.493 e. The van der Waals surface area contributed by atoms with E-state index in [9.17, 15) is 0 Å². The van der Waals surface area contributed by atoms with Gasteiger partial charge in [0.25, 0.3) is 0 Å². The van der Waals surface area contributed by atoms with E-state index in [-0.39, 0.29) is 12.1 Å². The number of rotatable bonds is 4. The highest BCUT2D eigenvalue weighted by Crippen LogP contribution is 2.36. The molecule has 2 atom stereocenters. The Hall–Kier alpha value is -2.00. The molecule has 1 aliphatic rings. The molecule has 1 aliphatic carbocycles. The van der Waals surface area contributed by atoms with Crippen molar-refractivity contribution < 1.29 is 9.47 Å². The van der Waals surface area contributed by atoms with Crippen LogP contribution in [0.15, 0.2) is 42.5 Å². The van der Waals surface area contributed by atoms with Gasteiger partial charge in [-0.1, -0.05) is 30.3 Å². The van der Waals surface area contributed by atoms with Gasteiger partial charge in [0.1, 0.15) is 6.10 Å². The van der Waals surface area contributed by atoms with Crippen molar-refractivity contribution >= 4 is 0 Å². The maximum atomic E-state index is 6.25. The van der Waals surface area contributed by atoms with Crippen molar-refractivity contribution in [2.24, 2.45) is 0 Å². The van der Waals surface area contributed by atoms with Crippen molar-refractivity contribution in [1.82, 2.24) is 5.32 Å². The third-order valence-electron chi connectivity index (χ3n) is 4.09. The molecule has 0 fully saturated rings. The molecule has 0 spiro atoms. The maximum Gasteiger partial charge on any atom is 0.161 e. The van der Waals surface area contributed by atoms with E-state index in [0.717, 1.165) is 17.9 Å². The molecule has 0 amide bonds. The van der Waals surface area contributed by atoms with Crippen molar-refractivity contribution in [1.29, 1.82) is 0 Å². The van der Waals surface area contributed by atoms with Crippen LogP contribution in [0.1, 0.15) is 22.7 Å². The summed E-state index contributed by atoms with van der Waals surface area (Å²) in [6.45, 7) is 2.05. The average Bonchev–Trinajstić information content (AvgIpc) is 2.86. The minimum absolute atomic E-state index is 0.0870. The number of hydrogen-bond donors (Lipinski definition) is 1. The van der Waals surface area contributed by atoms with Crippen LogP contribution in [-0.2, 0) is 6.42 Å². The molecule has 2 aromatic carbocycles. The Morgan fingerprint density at radius 1 is 1.10 bits per heavy atom. The molecule has 110 valence electrons. The first-order valence-electron chi connectivity index (χ1n) is 7.29. The number of fused-ring (bicyclic) bond motifs is 1. The highest BCUT2D eigenvalue weighted by atomic mass is 16.5. The number of hydrogen-bond acceptors (Lipinski definition) is 3. The summed E-state index contributed by atoms with van der Waals surface area (Å²) in [5.41, 5.74) is 3.85. The number of nitrogens with one attached hydrogen (secondary N) is 1. The Morgan fingerprint density at radius 2 is 1.90 bits per heavy atom. The monoisotopic (exact) mass is 283 g/mol. The van der Waals surface area contributed by atoms with Crippen molar-refractivity contribution in [2.75, 3.05) is 14.2 Å². The molecule has 1 N–H and O–H groups in total. The van der Waals surface area contributed by atoms with Gasteiger partial charge in [-0.3, -0.25) is 0 Å². The van der Waals surface area contributed by atoms with Crippen molar-refractivity contribution in [3.05, 3.63) is 59.2 Å². The van der Waals surface area contributed by atoms with E-state index < -0.39 is 0 Å². The van der Waals surface area contributed by atoms with Crippen molar-refractivity contribution in [2.45, 2.75) is 25.5 Å². The first-order valence-corrected chi connectivity index (χ1v) is 7.29. The smallest absolute Gasteiger partial charge is 0.161 e. The van der Waals surface area contributed by atoms with Crippen LogP contribution < -0.4 is 14.8 Å². The molecular formula is C18H21NO2. The molecule has 0 heterocycles. The molecule has 2 unspecified atom stereocenters. The molecule has 0 radical (unpaired) electrons. The fourth-order valence-corrected chi connectivity index (χ4v) is 3.04. The van der Waals surface area contributed by atoms with Gasteiger partial charge >= 0.3 is 0 Å². The van der Waals surface area contributed by atoms with Crippen molar-refractivity contribution in [3.8, 4) is 11.5 Å². The van der Waals surface area contributed by atoms with Crippen LogP contribution in [0.3, 0.4) is 0 Å². The predicted molar refractivity (Wildman–Crippen MR) is 84.1 cm³/mol. The highest BCUT2D eigenvalue weighted by molar-refractivity contribution is 5.44. The second kappa shape index (κ2) is 5.78. The molecule has 0 aliphatic heterocycles. The summed E-state index contributed by atoms with van der Waals surface area (Å²) in [7, 11) is 3.66. The molecule has 0 bridgehead atoms. The van der Waals surface area contributed by atoms with E-state index in [4.69, 9.17) is 9.47 Å². The lowest BCUT2D eigenvalue weighted by Gasteiger charge is -2.22. The number of benzene rings is 2. The molecule has 0 saturated carbocycles. The lowest BCUT2D eigenvalue weighted by atomic mass is 10.1. The quantitative estimate of drug-likeness (QED) is 0.934. The number of aryl methyl sites for hydroxylation is 1. The summed E-state index contributed by atoms with van der Waals surface area (Å²) >= 11 is 0. The maximum absolute atomic E-state index is 6.25. The number of ether oxygens (including phenoxy) is 2. The van der Waals surface area contributed by atoms with Crippen LogP contribution in [0.5, 0.6) is 11.5 Å². The predicted octanol–water partition coefficient (Wildman–Crippen LogP) is 3.27. The van der Waals surface area contributed by atoms with E-state index in [1.807, 2.05) is 32.2 Å². The lowest BCUT2D eigenvalue weighted by molar-refractivity contribution is 0.165. The molecule has 21 heavy (non-hydrogen) atoms. The van der Waals surface area contributed by atoms with Crippen LogP contribution in [0.4, 0.5) is 0 Å². The Balaban J connectivity index is 1.86. The summed E-state index contributed by atoms with van der Waals surface area (Å²) in [6, 6.07) is 14.8.